The number of nitriles is 1. The summed E-state index contributed by atoms with van der Waals surface area (Å²) in [4.78, 5) is 36.3. The number of para-hydroxylation sites is 1. The van der Waals surface area contributed by atoms with Crippen LogP contribution in [0.1, 0.15) is 21.5 Å². The minimum atomic E-state index is -0.609. The molecule has 0 radical (unpaired) electrons. The molecular weight excluding hydrogens is 446 g/mol. The minimum Gasteiger partial charge on any atom is -0.484 e. The summed E-state index contributed by atoms with van der Waals surface area (Å²) in [6.45, 7) is 1.70. The highest BCUT2D eigenvalue weighted by Gasteiger charge is 2.11. The van der Waals surface area contributed by atoms with E-state index in [-0.39, 0.29) is 18.1 Å². The fraction of sp³-hybridized carbons (Fsp3) is 0.111. The van der Waals surface area contributed by atoms with Crippen molar-refractivity contribution in [3.8, 4) is 11.8 Å². The monoisotopic (exact) mass is 469 g/mol. The van der Waals surface area contributed by atoms with Crippen LogP contribution in [0.15, 0.2) is 78.4 Å². The van der Waals surface area contributed by atoms with Crippen LogP contribution < -0.4 is 15.4 Å². The predicted octanol–water partition coefficient (Wildman–Crippen LogP) is 4.34. The molecule has 0 spiro atoms. The summed E-state index contributed by atoms with van der Waals surface area (Å²) in [5, 5.41) is 14.9. The van der Waals surface area contributed by atoms with Crippen LogP contribution in [0.3, 0.4) is 0 Å². The van der Waals surface area contributed by atoms with E-state index in [4.69, 9.17) is 4.74 Å². The number of amides is 2. The number of methoxy groups -OCH3 is 1. The Morgan fingerprint density at radius 3 is 2.40 bits per heavy atom. The molecular formula is C27H23N3O5. The molecule has 176 valence electrons. The second kappa shape index (κ2) is 11.8. The molecule has 0 bridgehead atoms. The number of ether oxygens (including phenoxy) is 2. The highest BCUT2D eigenvalue weighted by Crippen LogP contribution is 2.18. The maximum atomic E-state index is 12.5. The normalized spacial score (nSPS) is 10.6. The third kappa shape index (κ3) is 7.04. The van der Waals surface area contributed by atoms with Gasteiger partial charge in [-0.15, -0.1) is 0 Å². The van der Waals surface area contributed by atoms with Crippen molar-refractivity contribution in [1.82, 2.24) is 0 Å². The van der Waals surface area contributed by atoms with Crippen LogP contribution in [-0.4, -0.2) is 31.5 Å². The lowest BCUT2D eigenvalue weighted by Crippen LogP contribution is -2.20. The Hall–Kier alpha value is -4.90. The average Bonchev–Trinajstić information content (AvgIpc) is 2.87. The number of hydrogen-bond donors (Lipinski definition) is 2. The molecule has 0 saturated heterocycles. The van der Waals surface area contributed by atoms with Gasteiger partial charge in [0, 0.05) is 11.4 Å². The molecule has 0 unspecified atom stereocenters. The molecule has 3 aromatic carbocycles. The van der Waals surface area contributed by atoms with Gasteiger partial charge in [0.1, 0.15) is 17.4 Å². The SMILES string of the molecule is COC(=O)c1ccc(NC(=O)/C(C#N)=C\c2cccc(OCC(=O)Nc3ccccc3C)c2)cc1. The molecule has 3 rings (SSSR count). The number of benzene rings is 3. The first kappa shape index (κ1) is 24.7. The first-order chi connectivity index (χ1) is 16.9. The van der Waals surface area contributed by atoms with Crippen molar-refractivity contribution in [3.63, 3.8) is 0 Å². The second-order valence-electron chi connectivity index (χ2n) is 7.42. The molecule has 0 aromatic heterocycles. The molecule has 2 N–H and O–H groups in total. The molecule has 35 heavy (non-hydrogen) atoms. The van der Waals surface area contributed by atoms with Crippen molar-refractivity contribution in [2.75, 3.05) is 24.4 Å². The zero-order chi connectivity index (χ0) is 25.2. The number of esters is 1. The molecule has 8 heteroatoms. The summed E-state index contributed by atoms with van der Waals surface area (Å²) in [7, 11) is 1.28. The summed E-state index contributed by atoms with van der Waals surface area (Å²) in [6.07, 6.45) is 1.42. The average molecular weight is 469 g/mol. The van der Waals surface area contributed by atoms with Gasteiger partial charge < -0.3 is 20.1 Å². The fourth-order valence-electron chi connectivity index (χ4n) is 3.06. The first-order valence-electron chi connectivity index (χ1n) is 10.6. The minimum absolute atomic E-state index is 0.128. The molecule has 0 heterocycles. The number of aryl methyl sites for hydroxylation is 1. The topological polar surface area (TPSA) is 118 Å². The van der Waals surface area contributed by atoms with Gasteiger partial charge in [-0.25, -0.2) is 4.79 Å². The van der Waals surface area contributed by atoms with E-state index in [1.807, 2.05) is 31.2 Å². The third-order valence-electron chi connectivity index (χ3n) is 4.89. The first-order valence-corrected chi connectivity index (χ1v) is 10.6. The van der Waals surface area contributed by atoms with Gasteiger partial charge in [0.15, 0.2) is 6.61 Å². The van der Waals surface area contributed by atoms with Crippen LogP contribution in [0.5, 0.6) is 5.75 Å². The van der Waals surface area contributed by atoms with E-state index in [2.05, 4.69) is 15.4 Å². The molecule has 3 aromatic rings. The van der Waals surface area contributed by atoms with Gasteiger partial charge in [-0.1, -0.05) is 30.3 Å². The second-order valence-corrected chi connectivity index (χ2v) is 7.42. The number of nitrogens with zero attached hydrogens (tertiary/aromatic N) is 1. The van der Waals surface area contributed by atoms with E-state index in [1.54, 1.807) is 30.3 Å². The molecule has 0 aliphatic heterocycles. The lowest BCUT2D eigenvalue weighted by atomic mass is 10.1. The van der Waals surface area contributed by atoms with Gasteiger partial charge in [0.2, 0.25) is 0 Å². The fourth-order valence-corrected chi connectivity index (χ4v) is 3.06. The maximum absolute atomic E-state index is 12.5. The zero-order valence-corrected chi connectivity index (χ0v) is 19.2. The summed E-state index contributed by atoms with van der Waals surface area (Å²) >= 11 is 0. The molecule has 8 nitrogen and oxygen atoms in total. The highest BCUT2D eigenvalue weighted by atomic mass is 16.5. The molecule has 0 saturated carbocycles. The van der Waals surface area contributed by atoms with E-state index in [9.17, 15) is 19.6 Å². The van der Waals surface area contributed by atoms with Crippen molar-refractivity contribution in [3.05, 3.63) is 95.1 Å². The summed E-state index contributed by atoms with van der Waals surface area (Å²) in [5.41, 5.74) is 2.83. The van der Waals surface area contributed by atoms with E-state index in [0.717, 1.165) is 5.56 Å². The van der Waals surface area contributed by atoms with E-state index in [1.165, 1.54) is 37.5 Å². The quantitative estimate of drug-likeness (QED) is 0.288. The van der Waals surface area contributed by atoms with E-state index < -0.39 is 11.9 Å². The third-order valence-corrected chi connectivity index (χ3v) is 4.89. The lowest BCUT2D eigenvalue weighted by Gasteiger charge is -2.10. The van der Waals surface area contributed by atoms with Gasteiger partial charge in [-0.3, -0.25) is 9.59 Å². The Balaban J connectivity index is 1.63. The highest BCUT2D eigenvalue weighted by molar-refractivity contribution is 6.09. The standard InChI is InChI=1S/C27H23N3O5/c1-18-6-3-4-9-24(18)30-25(31)17-35-23-8-5-7-19(15-23)14-21(16-28)26(32)29-22-12-10-20(11-13-22)27(33)34-2/h3-15H,17H2,1-2H3,(H,29,32)(H,30,31)/b21-14-. The van der Waals surface area contributed by atoms with Crippen molar-refractivity contribution >= 4 is 35.2 Å². The molecule has 0 fully saturated rings. The number of carbonyl (C=O) groups excluding carboxylic acids is 3. The summed E-state index contributed by atoms with van der Waals surface area (Å²) in [6, 6.07) is 22.1. The Bertz CT molecular complexity index is 1310. The van der Waals surface area contributed by atoms with Crippen molar-refractivity contribution in [2.24, 2.45) is 0 Å². The van der Waals surface area contributed by atoms with Gasteiger partial charge in [-0.2, -0.15) is 5.26 Å². The van der Waals surface area contributed by atoms with Crippen LogP contribution in [-0.2, 0) is 14.3 Å². The molecule has 0 aliphatic rings. The van der Waals surface area contributed by atoms with Crippen LogP contribution in [0.25, 0.3) is 6.08 Å². The van der Waals surface area contributed by atoms with Crippen LogP contribution in [0.4, 0.5) is 11.4 Å². The Morgan fingerprint density at radius 1 is 0.971 bits per heavy atom. The van der Waals surface area contributed by atoms with Gasteiger partial charge >= 0.3 is 5.97 Å². The smallest absolute Gasteiger partial charge is 0.337 e. The lowest BCUT2D eigenvalue weighted by molar-refractivity contribution is -0.118. The van der Waals surface area contributed by atoms with Crippen molar-refractivity contribution in [2.45, 2.75) is 6.92 Å². The van der Waals surface area contributed by atoms with Crippen LogP contribution in [0, 0.1) is 18.3 Å². The largest absolute Gasteiger partial charge is 0.484 e. The number of carbonyl (C=O) groups is 3. The molecule has 0 aliphatic carbocycles. The van der Waals surface area contributed by atoms with Crippen LogP contribution in [0.2, 0.25) is 0 Å². The Labute approximate surface area is 202 Å². The van der Waals surface area contributed by atoms with Gasteiger partial charge in [0.25, 0.3) is 11.8 Å². The van der Waals surface area contributed by atoms with E-state index >= 15 is 0 Å². The van der Waals surface area contributed by atoms with Gasteiger partial charge in [0.05, 0.1) is 12.7 Å². The van der Waals surface area contributed by atoms with E-state index in [0.29, 0.717) is 28.3 Å². The zero-order valence-electron chi connectivity index (χ0n) is 19.2. The number of anilines is 2. The van der Waals surface area contributed by atoms with Gasteiger partial charge in [-0.05, 0) is 66.6 Å². The number of hydrogen-bond acceptors (Lipinski definition) is 6. The van der Waals surface area contributed by atoms with Crippen LogP contribution >= 0.6 is 0 Å². The summed E-state index contributed by atoms with van der Waals surface area (Å²) in [5.74, 6) is -0.997. The Morgan fingerprint density at radius 2 is 1.71 bits per heavy atom. The van der Waals surface area contributed by atoms with Crippen molar-refractivity contribution < 1.29 is 23.9 Å². The predicted molar refractivity (Wildman–Crippen MR) is 132 cm³/mol. The van der Waals surface area contributed by atoms with Crippen molar-refractivity contribution in [1.29, 1.82) is 5.26 Å². The number of nitrogens with one attached hydrogen (secondary N) is 2. The molecule has 2 amide bonds. The summed E-state index contributed by atoms with van der Waals surface area (Å²) < 4.78 is 10.2. The maximum Gasteiger partial charge on any atom is 0.337 e. The molecule has 0 atom stereocenters. The number of rotatable bonds is 8. The Kier molecular flexibility index (Phi) is 8.35.